The number of aromatic nitrogens is 1. The number of rotatable bonds is 4. The van der Waals surface area contributed by atoms with Gasteiger partial charge in [-0.15, -0.1) is 0 Å². The fourth-order valence-electron chi connectivity index (χ4n) is 4.00. The minimum absolute atomic E-state index is 0.253. The number of esters is 1. The second-order valence-electron chi connectivity index (χ2n) is 7.98. The Kier molecular flexibility index (Phi) is 4.89. The van der Waals surface area contributed by atoms with Crippen LogP contribution in [0, 0.1) is 5.41 Å². The lowest BCUT2D eigenvalue weighted by Gasteiger charge is -2.35. The van der Waals surface area contributed by atoms with Crippen LogP contribution in [0.2, 0.25) is 0 Å². The first-order valence-corrected chi connectivity index (χ1v) is 10.5. The molecule has 3 heterocycles. The van der Waals surface area contributed by atoms with Crippen molar-refractivity contribution in [3.05, 3.63) is 72.2 Å². The van der Waals surface area contributed by atoms with E-state index in [2.05, 4.69) is 32.3 Å². The highest BCUT2D eigenvalue weighted by Gasteiger charge is 2.53. The van der Waals surface area contributed by atoms with Gasteiger partial charge in [0.1, 0.15) is 5.82 Å². The Morgan fingerprint density at radius 1 is 1.06 bits per heavy atom. The Balaban J connectivity index is 1.22. The number of hydrogen-bond acceptors (Lipinski definition) is 6. The molecule has 158 valence electrons. The van der Waals surface area contributed by atoms with Gasteiger partial charge in [0.25, 0.3) is 0 Å². The van der Waals surface area contributed by atoms with E-state index in [4.69, 9.17) is 10.1 Å². The maximum Gasteiger partial charge on any atom is 0.365 e. The Morgan fingerprint density at radius 3 is 2.48 bits per heavy atom. The normalized spacial score (nSPS) is 21.0. The average Bonchev–Trinajstić information content (AvgIpc) is 3.54. The van der Waals surface area contributed by atoms with Gasteiger partial charge in [0, 0.05) is 38.6 Å². The van der Waals surface area contributed by atoms with Gasteiger partial charge in [-0.25, -0.2) is 14.8 Å². The highest BCUT2D eigenvalue weighted by molar-refractivity contribution is 6.09. The molecule has 3 aliphatic rings. The third-order valence-electron chi connectivity index (χ3n) is 5.95. The molecule has 1 saturated heterocycles. The number of benzene rings is 1. The molecule has 0 atom stereocenters. The zero-order chi connectivity index (χ0) is 21.3. The smallest absolute Gasteiger partial charge is 0.365 e. The van der Waals surface area contributed by atoms with Crippen LogP contribution in [0.1, 0.15) is 18.4 Å². The molecule has 2 fully saturated rings. The predicted octanol–water partition coefficient (Wildman–Crippen LogP) is 2.57. The summed E-state index contributed by atoms with van der Waals surface area (Å²) in [5.41, 5.74) is 1.25. The van der Waals surface area contributed by atoms with Gasteiger partial charge in [0.15, 0.2) is 11.7 Å². The molecule has 2 N–H and O–H groups in total. The first kappa shape index (κ1) is 19.3. The Morgan fingerprint density at radius 2 is 1.81 bits per heavy atom. The summed E-state index contributed by atoms with van der Waals surface area (Å²) in [5.74, 6) is 1.12. The molecule has 0 unspecified atom stereocenters. The van der Waals surface area contributed by atoms with Crippen molar-refractivity contribution in [3.63, 3.8) is 0 Å². The zero-order valence-electron chi connectivity index (χ0n) is 17.1. The molecule has 1 aromatic carbocycles. The third-order valence-corrected chi connectivity index (χ3v) is 5.95. The summed E-state index contributed by atoms with van der Waals surface area (Å²) in [4.78, 5) is 25.2. The van der Waals surface area contributed by atoms with Crippen molar-refractivity contribution in [2.75, 3.05) is 31.5 Å². The van der Waals surface area contributed by atoms with Crippen LogP contribution < -0.4 is 5.32 Å². The second kappa shape index (κ2) is 7.86. The van der Waals surface area contributed by atoms with Crippen LogP contribution in [0.15, 0.2) is 71.6 Å². The van der Waals surface area contributed by atoms with Gasteiger partial charge in [0.2, 0.25) is 5.90 Å². The molecule has 8 heteroatoms. The quantitative estimate of drug-likeness (QED) is 0.344. The molecule has 2 aromatic rings. The van der Waals surface area contributed by atoms with Crippen molar-refractivity contribution in [2.24, 2.45) is 4.99 Å². The maximum atomic E-state index is 12.4. The summed E-state index contributed by atoms with van der Waals surface area (Å²) >= 11 is 0. The second-order valence-corrected chi connectivity index (χ2v) is 7.98. The van der Waals surface area contributed by atoms with Crippen LogP contribution >= 0.6 is 0 Å². The summed E-state index contributed by atoms with van der Waals surface area (Å²) < 4.78 is 5.58. The Labute approximate surface area is 180 Å². The zero-order valence-corrected chi connectivity index (χ0v) is 17.1. The van der Waals surface area contributed by atoms with E-state index in [1.807, 2.05) is 41.3 Å². The van der Waals surface area contributed by atoms with Gasteiger partial charge in [-0.3, -0.25) is 5.41 Å². The van der Waals surface area contributed by atoms with Crippen LogP contribution in [0.25, 0.3) is 0 Å². The van der Waals surface area contributed by atoms with E-state index in [0.717, 1.165) is 18.4 Å². The molecule has 2 aliphatic heterocycles. The number of pyridine rings is 1. The lowest BCUT2D eigenvalue weighted by Crippen LogP contribution is -2.48. The summed E-state index contributed by atoms with van der Waals surface area (Å²) in [5, 5.41) is 11.3. The van der Waals surface area contributed by atoms with Crippen LogP contribution in [-0.2, 0) is 14.9 Å². The third kappa shape index (κ3) is 3.88. The van der Waals surface area contributed by atoms with E-state index in [0.29, 0.717) is 49.6 Å². The first-order valence-electron chi connectivity index (χ1n) is 10.5. The molecule has 31 heavy (non-hydrogen) atoms. The van der Waals surface area contributed by atoms with Gasteiger partial charge in [-0.1, -0.05) is 36.4 Å². The highest BCUT2D eigenvalue weighted by atomic mass is 16.6. The van der Waals surface area contributed by atoms with E-state index in [1.165, 1.54) is 0 Å². The number of hydrogen-bond donors (Lipinski definition) is 2. The van der Waals surface area contributed by atoms with Crippen LogP contribution in [0.5, 0.6) is 0 Å². The number of anilines is 1. The van der Waals surface area contributed by atoms with E-state index < -0.39 is 0 Å². The summed E-state index contributed by atoms with van der Waals surface area (Å²) in [7, 11) is 0. The molecule has 0 spiro atoms. The van der Waals surface area contributed by atoms with Gasteiger partial charge in [-0.05, 0) is 30.5 Å². The maximum absolute atomic E-state index is 12.4. The first-order chi connectivity index (χ1) is 15.1. The van der Waals surface area contributed by atoms with Gasteiger partial charge in [-0.2, -0.15) is 0 Å². The van der Waals surface area contributed by atoms with E-state index >= 15 is 0 Å². The van der Waals surface area contributed by atoms with Crippen LogP contribution in [-0.4, -0.2) is 58.8 Å². The number of piperazine rings is 1. The lowest BCUT2D eigenvalue weighted by atomic mass is 9.96. The molecule has 8 nitrogen and oxygen atoms in total. The van der Waals surface area contributed by atoms with Gasteiger partial charge in [0.05, 0.1) is 5.41 Å². The standard InChI is InChI=1S/C23H24N6O2/c24-22(27-19-8-4-5-11-25-19)29-14-12-28(13-15-29)16-18-20(30)31-21(26-18)23(9-10-23)17-6-2-1-3-7-17/h1-8,11,16H,9-10,12-15H2,(H2,24,25,27). The number of carbonyl (C=O) groups is 1. The number of nitrogens with one attached hydrogen (secondary N) is 2. The van der Waals surface area contributed by atoms with Crippen molar-refractivity contribution < 1.29 is 9.53 Å². The molecule has 1 saturated carbocycles. The molecule has 5 rings (SSSR count). The minimum Gasteiger partial charge on any atom is -0.406 e. The molecular formula is C23H24N6O2. The van der Waals surface area contributed by atoms with Crippen molar-refractivity contribution >= 4 is 23.6 Å². The van der Waals surface area contributed by atoms with Crippen molar-refractivity contribution in [1.29, 1.82) is 5.41 Å². The topological polar surface area (TPSA) is 93.9 Å². The van der Waals surface area contributed by atoms with Gasteiger partial charge >= 0.3 is 5.97 Å². The summed E-state index contributed by atoms with van der Waals surface area (Å²) in [6.45, 7) is 2.72. The molecule has 0 amide bonds. The lowest BCUT2D eigenvalue weighted by molar-refractivity contribution is -0.130. The monoisotopic (exact) mass is 416 g/mol. The highest BCUT2D eigenvalue weighted by Crippen LogP contribution is 2.51. The summed E-state index contributed by atoms with van der Waals surface area (Å²) in [6.07, 6.45) is 5.38. The largest absolute Gasteiger partial charge is 0.406 e. The molecule has 0 radical (unpaired) electrons. The molecule has 1 aliphatic carbocycles. The number of ether oxygens (including phenoxy) is 1. The van der Waals surface area contributed by atoms with E-state index in [-0.39, 0.29) is 11.4 Å². The Hall–Kier alpha value is -3.68. The number of guanidine groups is 1. The number of carbonyl (C=O) groups excluding carboxylic acids is 1. The number of aliphatic imine (C=N–C) groups is 1. The molecular weight excluding hydrogens is 392 g/mol. The van der Waals surface area contributed by atoms with Crippen LogP contribution in [0.4, 0.5) is 5.82 Å². The van der Waals surface area contributed by atoms with E-state index in [9.17, 15) is 4.79 Å². The Bertz CT molecular complexity index is 1040. The van der Waals surface area contributed by atoms with Crippen molar-refractivity contribution in [1.82, 2.24) is 14.8 Å². The fraction of sp³-hybridized carbons (Fsp3) is 0.304. The van der Waals surface area contributed by atoms with E-state index in [1.54, 1.807) is 12.4 Å². The van der Waals surface area contributed by atoms with Crippen molar-refractivity contribution in [3.8, 4) is 0 Å². The summed E-state index contributed by atoms with van der Waals surface area (Å²) in [6, 6.07) is 15.7. The average molecular weight is 416 g/mol. The van der Waals surface area contributed by atoms with Crippen LogP contribution in [0.3, 0.4) is 0 Å². The molecule has 0 bridgehead atoms. The molecule has 1 aromatic heterocycles. The minimum atomic E-state index is -0.385. The van der Waals surface area contributed by atoms with Gasteiger partial charge < -0.3 is 19.9 Å². The SMILES string of the molecule is N=C(Nc1ccccn1)N1CCN(C=C2N=C(C3(c4ccccc4)CC3)OC2=O)CC1. The number of nitrogens with zero attached hydrogens (tertiary/aromatic N) is 4. The van der Waals surface area contributed by atoms with Crippen molar-refractivity contribution in [2.45, 2.75) is 18.3 Å². The predicted molar refractivity (Wildman–Crippen MR) is 118 cm³/mol. The number of cyclic esters (lactones) is 1. The fourth-order valence-corrected chi connectivity index (χ4v) is 4.00.